The van der Waals surface area contributed by atoms with Gasteiger partial charge in [-0.2, -0.15) is 0 Å². The lowest BCUT2D eigenvalue weighted by Crippen LogP contribution is -2.25. The Morgan fingerprint density at radius 1 is 1.00 bits per heavy atom. The second-order valence-electron chi connectivity index (χ2n) is 5.93. The molecule has 0 fully saturated rings. The fraction of sp³-hybridized carbons (Fsp3) is 0.333. The Hall–Kier alpha value is -1.65. The summed E-state index contributed by atoms with van der Waals surface area (Å²) >= 11 is 6.00. The number of halogens is 1. The van der Waals surface area contributed by atoms with E-state index in [-0.39, 0.29) is 22.9 Å². The van der Waals surface area contributed by atoms with Crippen molar-refractivity contribution in [2.45, 2.75) is 24.0 Å². The van der Waals surface area contributed by atoms with Gasteiger partial charge in [-0.1, -0.05) is 29.8 Å². The molecule has 0 heterocycles. The Balaban J connectivity index is 1.99. The quantitative estimate of drug-likeness (QED) is 0.516. The Morgan fingerprint density at radius 3 is 2.32 bits per heavy atom. The van der Waals surface area contributed by atoms with Gasteiger partial charge in [0.2, 0.25) is 20.0 Å². The summed E-state index contributed by atoms with van der Waals surface area (Å²) in [5.74, 6) is -0.284. The van der Waals surface area contributed by atoms with Crippen LogP contribution in [0.15, 0.2) is 53.4 Å². The Labute approximate surface area is 171 Å². The first-order valence-electron chi connectivity index (χ1n) is 8.65. The maximum absolute atomic E-state index is 12.3. The van der Waals surface area contributed by atoms with E-state index in [9.17, 15) is 16.8 Å². The van der Waals surface area contributed by atoms with E-state index in [1.54, 1.807) is 24.3 Å². The van der Waals surface area contributed by atoms with E-state index in [0.29, 0.717) is 30.2 Å². The van der Waals surface area contributed by atoms with Crippen LogP contribution < -0.4 is 9.44 Å². The molecule has 0 saturated carbocycles. The lowest BCUT2D eigenvalue weighted by Gasteiger charge is -2.11. The van der Waals surface area contributed by atoms with Crippen LogP contribution in [0.3, 0.4) is 0 Å². The van der Waals surface area contributed by atoms with Crippen molar-refractivity contribution in [3.8, 4) is 0 Å². The molecular formula is C18H23ClN2O5S2. The van der Waals surface area contributed by atoms with Crippen molar-refractivity contribution in [3.63, 3.8) is 0 Å². The predicted molar refractivity (Wildman–Crippen MR) is 110 cm³/mol. The average molecular weight is 447 g/mol. The first-order valence-corrected chi connectivity index (χ1v) is 12.2. The smallest absolute Gasteiger partial charge is 0.240 e. The lowest BCUT2D eigenvalue weighted by molar-refractivity contribution is 0.146. The summed E-state index contributed by atoms with van der Waals surface area (Å²) in [5.41, 5.74) is 0.745. The minimum Gasteiger partial charge on any atom is -0.382 e. The average Bonchev–Trinajstić information content (AvgIpc) is 2.63. The minimum absolute atomic E-state index is 0.0537. The largest absolute Gasteiger partial charge is 0.382 e. The summed E-state index contributed by atoms with van der Waals surface area (Å²) in [5, 5.41) is 0.365. The molecule has 2 rings (SSSR count). The number of sulfonamides is 2. The molecular weight excluding hydrogens is 424 g/mol. The van der Waals surface area contributed by atoms with E-state index in [0.717, 1.165) is 0 Å². The third kappa shape index (κ3) is 7.06. The third-order valence-corrected chi connectivity index (χ3v) is 6.79. The Bertz CT molecular complexity index is 977. The van der Waals surface area contributed by atoms with Gasteiger partial charge in [0.1, 0.15) is 0 Å². The van der Waals surface area contributed by atoms with Gasteiger partial charge in [-0.15, -0.1) is 0 Å². The SMILES string of the molecule is CCOCCCNS(=O)(=O)c1ccc(NS(=O)(=O)Cc2ccccc2Cl)cc1. The molecule has 0 spiro atoms. The molecule has 7 nitrogen and oxygen atoms in total. The molecule has 0 aliphatic heterocycles. The first kappa shape index (κ1) is 22.6. The fourth-order valence-corrected chi connectivity index (χ4v) is 4.93. The molecule has 0 saturated heterocycles. The van der Waals surface area contributed by atoms with Crippen LogP contribution in [0.25, 0.3) is 0 Å². The maximum atomic E-state index is 12.3. The molecule has 0 atom stereocenters. The standard InChI is InChI=1S/C18H23ClN2O5S2/c1-2-26-13-5-12-20-28(24,25)17-10-8-16(9-11-17)21-27(22,23)14-15-6-3-4-7-18(15)19/h3-4,6-11,20-21H,2,5,12-14H2,1H3. The zero-order valence-corrected chi connectivity index (χ0v) is 17.8. The van der Waals surface area contributed by atoms with Gasteiger partial charge in [0.15, 0.2) is 0 Å². The molecule has 28 heavy (non-hydrogen) atoms. The second kappa shape index (κ2) is 10.2. The highest BCUT2D eigenvalue weighted by Crippen LogP contribution is 2.20. The highest BCUT2D eigenvalue weighted by Gasteiger charge is 2.16. The third-order valence-electron chi connectivity index (χ3n) is 3.70. The summed E-state index contributed by atoms with van der Waals surface area (Å²) in [6.07, 6.45) is 0.562. The van der Waals surface area contributed by atoms with Crippen molar-refractivity contribution in [1.82, 2.24) is 4.72 Å². The van der Waals surface area contributed by atoms with E-state index in [2.05, 4.69) is 9.44 Å². The van der Waals surface area contributed by atoms with E-state index in [4.69, 9.17) is 16.3 Å². The summed E-state index contributed by atoms with van der Waals surface area (Å²) in [6, 6.07) is 12.2. The van der Waals surface area contributed by atoms with Crippen LogP contribution in [-0.2, 0) is 30.5 Å². The van der Waals surface area contributed by atoms with Crippen LogP contribution in [0.4, 0.5) is 5.69 Å². The second-order valence-corrected chi connectivity index (χ2v) is 9.82. The molecule has 2 aromatic rings. The van der Waals surface area contributed by atoms with Crippen molar-refractivity contribution in [2.24, 2.45) is 0 Å². The maximum Gasteiger partial charge on any atom is 0.240 e. The first-order chi connectivity index (χ1) is 13.2. The summed E-state index contributed by atoms with van der Waals surface area (Å²) in [7, 11) is -7.36. The topological polar surface area (TPSA) is 102 Å². The zero-order chi connectivity index (χ0) is 20.6. The van der Waals surface area contributed by atoms with Gasteiger partial charge in [0.25, 0.3) is 0 Å². The van der Waals surface area contributed by atoms with E-state index in [1.165, 1.54) is 24.3 Å². The number of hydrogen-bond donors (Lipinski definition) is 2. The fourth-order valence-electron chi connectivity index (χ4n) is 2.35. The Morgan fingerprint density at radius 2 is 1.68 bits per heavy atom. The van der Waals surface area contributed by atoms with E-state index < -0.39 is 20.0 Å². The van der Waals surface area contributed by atoms with Gasteiger partial charge in [-0.3, -0.25) is 4.72 Å². The minimum atomic E-state index is -3.69. The van der Waals surface area contributed by atoms with Gasteiger partial charge in [0.05, 0.1) is 10.6 Å². The molecule has 0 amide bonds. The molecule has 10 heteroatoms. The highest BCUT2D eigenvalue weighted by molar-refractivity contribution is 7.92. The van der Waals surface area contributed by atoms with Gasteiger partial charge >= 0.3 is 0 Å². The van der Waals surface area contributed by atoms with Crippen LogP contribution >= 0.6 is 11.6 Å². The summed E-state index contributed by atoms with van der Waals surface area (Å²) < 4.78 is 59.2. The number of hydrogen-bond acceptors (Lipinski definition) is 5. The van der Waals surface area contributed by atoms with Crippen molar-refractivity contribution in [2.75, 3.05) is 24.5 Å². The molecule has 154 valence electrons. The van der Waals surface area contributed by atoms with Crippen LogP contribution in [0.5, 0.6) is 0 Å². The van der Waals surface area contributed by atoms with Crippen molar-refractivity contribution in [3.05, 3.63) is 59.1 Å². The van der Waals surface area contributed by atoms with Gasteiger partial charge in [-0.25, -0.2) is 21.6 Å². The van der Waals surface area contributed by atoms with Gasteiger partial charge in [-0.05, 0) is 49.2 Å². The van der Waals surface area contributed by atoms with Crippen molar-refractivity contribution in [1.29, 1.82) is 0 Å². The van der Waals surface area contributed by atoms with Crippen LogP contribution in [0, 0.1) is 0 Å². The predicted octanol–water partition coefficient (Wildman–Crippen LogP) is 2.99. The summed E-state index contributed by atoms with van der Waals surface area (Å²) in [6.45, 7) is 3.19. The number of ether oxygens (including phenoxy) is 1. The summed E-state index contributed by atoms with van der Waals surface area (Å²) in [4.78, 5) is 0.0537. The van der Waals surface area contributed by atoms with Crippen LogP contribution in [0.1, 0.15) is 18.9 Å². The normalized spacial score (nSPS) is 12.1. The monoisotopic (exact) mass is 446 g/mol. The molecule has 2 N–H and O–H groups in total. The molecule has 0 aliphatic rings. The lowest BCUT2D eigenvalue weighted by atomic mass is 10.2. The van der Waals surface area contributed by atoms with Gasteiger partial charge < -0.3 is 4.74 Å². The number of rotatable bonds is 11. The van der Waals surface area contributed by atoms with Gasteiger partial charge in [0, 0.05) is 30.5 Å². The van der Waals surface area contributed by atoms with Crippen molar-refractivity contribution >= 4 is 37.3 Å². The highest BCUT2D eigenvalue weighted by atomic mass is 35.5. The van der Waals surface area contributed by atoms with Crippen LogP contribution in [0.2, 0.25) is 5.02 Å². The molecule has 2 aromatic carbocycles. The molecule has 0 aliphatic carbocycles. The molecule has 0 unspecified atom stereocenters. The number of anilines is 1. The zero-order valence-electron chi connectivity index (χ0n) is 15.4. The molecule has 0 bridgehead atoms. The van der Waals surface area contributed by atoms with E-state index >= 15 is 0 Å². The molecule has 0 aromatic heterocycles. The number of benzene rings is 2. The van der Waals surface area contributed by atoms with Crippen molar-refractivity contribution < 1.29 is 21.6 Å². The molecule has 0 radical (unpaired) electrons. The van der Waals surface area contributed by atoms with Crippen LogP contribution in [-0.4, -0.2) is 36.6 Å². The number of nitrogens with one attached hydrogen (secondary N) is 2. The Kier molecular flexibility index (Phi) is 8.26. The van der Waals surface area contributed by atoms with E-state index in [1.807, 2.05) is 6.92 Å².